The summed E-state index contributed by atoms with van der Waals surface area (Å²) in [7, 11) is 0. The van der Waals surface area contributed by atoms with Gasteiger partial charge in [0.15, 0.2) is 0 Å². The number of nitrogens with zero attached hydrogens (tertiary/aromatic N) is 2. The van der Waals surface area contributed by atoms with Gasteiger partial charge in [-0.1, -0.05) is 29.8 Å². The Morgan fingerprint density at radius 1 is 1.24 bits per heavy atom. The van der Waals surface area contributed by atoms with Gasteiger partial charge in [-0.25, -0.2) is 4.98 Å². The van der Waals surface area contributed by atoms with Crippen LogP contribution >= 0.6 is 11.3 Å². The first-order valence-electron chi connectivity index (χ1n) is 7.99. The predicted molar refractivity (Wildman–Crippen MR) is 100 cm³/mol. The van der Waals surface area contributed by atoms with E-state index in [0.29, 0.717) is 10.2 Å². The molecule has 5 nitrogen and oxygen atoms in total. The van der Waals surface area contributed by atoms with Crippen molar-refractivity contribution in [2.24, 2.45) is 5.41 Å². The second-order valence-corrected chi connectivity index (χ2v) is 8.15. The summed E-state index contributed by atoms with van der Waals surface area (Å²) in [5.41, 5.74) is 1.77. The van der Waals surface area contributed by atoms with Crippen LogP contribution in [0.15, 0.2) is 35.4 Å². The fourth-order valence-corrected chi connectivity index (χ4v) is 3.81. The highest BCUT2D eigenvalue weighted by Crippen LogP contribution is 2.35. The van der Waals surface area contributed by atoms with Gasteiger partial charge in [-0.2, -0.15) is 0 Å². The number of fused-ring (bicyclic) bond motifs is 1. The van der Waals surface area contributed by atoms with Crippen LogP contribution in [0.3, 0.4) is 0 Å². The minimum absolute atomic E-state index is 0.0757. The molecule has 0 amide bonds. The zero-order valence-corrected chi connectivity index (χ0v) is 15.5. The fourth-order valence-electron chi connectivity index (χ4n) is 2.81. The summed E-state index contributed by atoms with van der Waals surface area (Å²) in [6, 6.07) is 8.03. The van der Waals surface area contributed by atoms with Crippen molar-refractivity contribution in [2.75, 3.05) is 0 Å². The van der Waals surface area contributed by atoms with Gasteiger partial charge in [-0.05, 0) is 33.3 Å². The van der Waals surface area contributed by atoms with Gasteiger partial charge < -0.3 is 5.11 Å². The van der Waals surface area contributed by atoms with Crippen LogP contribution in [0.2, 0.25) is 0 Å². The van der Waals surface area contributed by atoms with E-state index >= 15 is 0 Å². The van der Waals surface area contributed by atoms with Crippen LogP contribution in [-0.2, 0) is 11.3 Å². The van der Waals surface area contributed by atoms with Crippen LogP contribution in [-0.4, -0.2) is 20.6 Å². The zero-order valence-electron chi connectivity index (χ0n) is 14.7. The van der Waals surface area contributed by atoms with Crippen LogP contribution < -0.4 is 5.56 Å². The van der Waals surface area contributed by atoms with Crippen LogP contribution in [0.4, 0.5) is 0 Å². The molecule has 0 radical (unpaired) electrons. The molecular weight excluding hydrogens is 336 g/mol. The first-order valence-corrected chi connectivity index (χ1v) is 8.81. The molecule has 0 saturated carbocycles. The number of hydrogen-bond donors (Lipinski definition) is 1. The third-order valence-electron chi connectivity index (χ3n) is 4.34. The number of benzene rings is 1. The van der Waals surface area contributed by atoms with Crippen LogP contribution in [0.5, 0.6) is 0 Å². The van der Waals surface area contributed by atoms with E-state index in [1.165, 1.54) is 22.2 Å². The van der Waals surface area contributed by atoms with E-state index < -0.39 is 11.4 Å². The molecule has 2 heterocycles. The molecular formula is C19H20N2O3S. The summed E-state index contributed by atoms with van der Waals surface area (Å²) in [5.74, 6) is -0.945. The molecule has 0 aliphatic rings. The Bertz CT molecular complexity index is 1010. The summed E-state index contributed by atoms with van der Waals surface area (Å²) in [4.78, 5) is 30.5. The number of carboxylic acid groups (broad SMARTS) is 1. The van der Waals surface area contributed by atoms with Crippen molar-refractivity contribution in [3.05, 3.63) is 51.4 Å². The van der Waals surface area contributed by atoms with E-state index in [9.17, 15) is 14.7 Å². The minimum atomic E-state index is -1.05. The highest BCUT2D eigenvalue weighted by molar-refractivity contribution is 7.19. The number of aliphatic carboxylic acids is 1. The molecule has 0 fully saturated rings. The van der Waals surface area contributed by atoms with Gasteiger partial charge in [-0.15, -0.1) is 11.3 Å². The molecule has 0 aliphatic heterocycles. The monoisotopic (exact) mass is 356 g/mol. The Hall–Kier alpha value is -2.47. The second-order valence-electron chi connectivity index (χ2n) is 6.95. The van der Waals surface area contributed by atoms with Crippen molar-refractivity contribution < 1.29 is 9.90 Å². The Morgan fingerprint density at radius 3 is 2.48 bits per heavy atom. The van der Waals surface area contributed by atoms with Crippen molar-refractivity contribution in [2.45, 2.75) is 34.2 Å². The summed E-state index contributed by atoms with van der Waals surface area (Å²) in [5, 5.41) is 9.90. The lowest BCUT2D eigenvalue weighted by Crippen LogP contribution is -2.34. The number of thiophene rings is 1. The molecule has 0 unspecified atom stereocenters. The Balaban J connectivity index is 2.21. The minimum Gasteiger partial charge on any atom is -0.481 e. The number of carboxylic acids is 1. The van der Waals surface area contributed by atoms with Gasteiger partial charge in [0.1, 0.15) is 4.83 Å². The SMILES string of the molecule is Cc1ccc(-c2c(C)sc3ncn(CC(C)(C)C(=O)O)c(=O)c23)cc1. The second kappa shape index (κ2) is 6.11. The van der Waals surface area contributed by atoms with Crippen molar-refractivity contribution >= 4 is 27.5 Å². The summed E-state index contributed by atoms with van der Waals surface area (Å²) >= 11 is 1.48. The van der Waals surface area contributed by atoms with E-state index in [0.717, 1.165) is 21.6 Å². The highest BCUT2D eigenvalue weighted by Gasteiger charge is 2.29. The van der Waals surface area contributed by atoms with Gasteiger partial charge in [0.2, 0.25) is 0 Å². The van der Waals surface area contributed by atoms with Crippen molar-refractivity contribution in [1.82, 2.24) is 9.55 Å². The predicted octanol–water partition coefficient (Wildman–Crippen LogP) is 3.85. The molecule has 2 aromatic heterocycles. The molecule has 1 aromatic carbocycles. The first-order chi connectivity index (χ1) is 11.7. The molecule has 6 heteroatoms. The first kappa shape index (κ1) is 17.4. The Morgan fingerprint density at radius 2 is 1.88 bits per heavy atom. The van der Waals surface area contributed by atoms with Gasteiger partial charge in [0.05, 0.1) is 17.1 Å². The number of aryl methyl sites for hydroxylation is 2. The van der Waals surface area contributed by atoms with Gasteiger partial charge in [0, 0.05) is 17.0 Å². The molecule has 0 saturated heterocycles. The summed E-state index contributed by atoms with van der Waals surface area (Å²) < 4.78 is 1.40. The molecule has 3 aromatic rings. The van der Waals surface area contributed by atoms with Crippen molar-refractivity contribution in [1.29, 1.82) is 0 Å². The van der Waals surface area contributed by atoms with Crippen LogP contribution in [0, 0.1) is 19.3 Å². The normalized spacial score (nSPS) is 11.8. The van der Waals surface area contributed by atoms with Gasteiger partial charge >= 0.3 is 5.97 Å². The van der Waals surface area contributed by atoms with Crippen LogP contribution in [0.1, 0.15) is 24.3 Å². The van der Waals surface area contributed by atoms with E-state index in [-0.39, 0.29) is 12.1 Å². The lowest BCUT2D eigenvalue weighted by molar-refractivity contribution is -0.147. The number of aromatic nitrogens is 2. The highest BCUT2D eigenvalue weighted by atomic mass is 32.1. The van der Waals surface area contributed by atoms with E-state index in [2.05, 4.69) is 4.98 Å². The maximum Gasteiger partial charge on any atom is 0.310 e. The molecule has 0 aliphatic carbocycles. The third kappa shape index (κ3) is 3.09. The average molecular weight is 356 g/mol. The number of rotatable bonds is 4. The molecule has 0 atom stereocenters. The molecule has 25 heavy (non-hydrogen) atoms. The van der Waals surface area contributed by atoms with E-state index in [1.807, 2.05) is 38.1 Å². The molecule has 3 rings (SSSR count). The average Bonchev–Trinajstić information content (AvgIpc) is 2.88. The van der Waals surface area contributed by atoms with Crippen molar-refractivity contribution in [3.8, 4) is 11.1 Å². The standard InChI is InChI=1S/C19H20N2O3S/c1-11-5-7-13(8-6-11)14-12(2)25-16-15(14)17(22)21(10-20-16)9-19(3,4)18(23)24/h5-8,10H,9H2,1-4H3,(H,23,24). The molecule has 0 spiro atoms. The Labute approximate surface area is 149 Å². The lowest BCUT2D eigenvalue weighted by atomic mass is 9.94. The fraction of sp³-hybridized carbons (Fsp3) is 0.316. The maximum atomic E-state index is 13.0. The smallest absolute Gasteiger partial charge is 0.310 e. The zero-order chi connectivity index (χ0) is 18.4. The molecule has 1 N–H and O–H groups in total. The van der Waals surface area contributed by atoms with Gasteiger partial charge in [-0.3, -0.25) is 14.2 Å². The molecule has 130 valence electrons. The Kier molecular flexibility index (Phi) is 4.24. The summed E-state index contributed by atoms with van der Waals surface area (Å²) in [6.45, 7) is 7.28. The van der Waals surface area contributed by atoms with Gasteiger partial charge in [0.25, 0.3) is 5.56 Å². The van der Waals surface area contributed by atoms with E-state index in [1.54, 1.807) is 13.8 Å². The van der Waals surface area contributed by atoms with E-state index in [4.69, 9.17) is 0 Å². The lowest BCUT2D eigenvalue weighted by Gasteiger charge is -2.20. The topological polar surface area (TPSA) is 72.2 Å². The largest absolute Gasteiger partial charge is 0.481 e. The third-order valence-corrected chi connectivity index (χ3v) is 5.35. The summed E-state index contributed by atoms with van der Waals surface area (Å²) in [6.07, 6.45) is 1.45. The maximum absolute atomic E-state index is 13.0. The molecule has 0 bridgehead atoms. The number of hydrogen-bond acceptors (Lipinski definition) is 4. The van der Waals surface area contributed by atoms with Crippen molar-refractivity contribution in [3.63, 3.8) is 0 Å². The quantitative estimate of drug-likeness (QED) is 0.771. The number of carbonyl (C=O) groups is 1. The van der Waals surface area contributed by atoms with Crippen LogP contribution in [0.25, 0.3) is 21.3 Å².